The lowest BCUT2D eigenvalue weighted by Gasteiger charge is -2.37. The standard InChI is InChI=1S/C23H36N6O3/c1-2-24-23(26-16-20-5-6-25-21(15-20)32-18-19-3-4-19)29-9-7-27(8-10-29)17-22(30)28-11-13-31-14-12-28/h5-6,15,19H,2-4,7-14,16-18H2,1H3,(H,24,26). The molecule has 3 aliphatic rings. The molecule has 2 saturated heterocycles. The Morgan fingerprint density at radius 2 is 1.97 bits per heavy atom. The number of morpholine rings is 1. The van der Waals surface area contributed by atoms with Crippen molar-refractivity contribution in [3.63, 3.8) is 0 Å². The zero-order chi connectivity index (χ0) is 22.2. The third-order valence-corrected chi connectivity index (χ3v) is 6.10. The van der Waals surface area contributed by atoms with Gasteiger partial charge in [-0.3, -0.25) is 9.69 Å². The number of ether oxygens (including phenoxy) is 2. The molecule has 0 aromatic carbocycles. The monoisotopic (exact) mass is 444 g/mol. The minimum Gasteiger partial charge on any atom is -0.477 e. The Bertz CT molecular complexity index is 771. The summed E-state index contributed by atoms with van der Waals surface area (Å²) < 4.78 is 11.1. The van der Waals surface area contributed by atoms with Gasteiger partial charge in [0.05, 0.1) is 32.9 Å². The molecule has 0 bridgehead atoms. The molecule has 9 nitrogen and oxygen atoms in total. The molecule has 176 valence electrons. The maximum Gasteiger partial charge on any atom is 0.236 e. The van der Waals surface area contributed by atoms with Crippen LogP contribution in [0.3, 0.4) is 0 Å². The van der Waals surface area contributed by atoms with Crippen LogP contribution in [0, 0.1) is 5.92 Å². The van der Waals surface area contributed by atoms with Crippen LogP contribution < -0.4 is 10.1 Å². The van der Waals surface area contributed by atoms with Gasteiger partial charge in [0.15, 0.2) is 5.96 Å². The third kappa shape index (κ3) is 6.80. The second-order valence-corrected chi connectivity index (χ2v) is 8.68. The number of carbonyl (C=O) groups is 1. The van der Waals surface area contributed by atoms with Crippen molar-refractivity contribution < 1.29 is 14.3 Å². The number of amides is 1. The SMILES string of the molecule is CCNC(=NCc1ccnc(OCC2CC2)c1)N1CCN(CC(=O)N2CCOCC2)CC1. The fourth-order valence-electron chi connectivity index (χ4n) is 3.93. The number of hydrogen-bond acceptors (Lipinski definition) is 6. The first kappa shape index (κ1) is 22.8. The largest absolute Gasteiger partial charge is 0.477 e. The van der Waals surface area contributed by atoms with E-state index in [9.17, 15) is 4.79 Å². The number of guanidine groups is 1. The zero-order valence-corrected chi connectivity index (χ0v) is 19.2. The van der Waals surface area contributed by atoms with Gasteiger partial charge < -0.3 is 24.6 Å². The number of nitrogens with one attached hydrogen (secondary N) is 1. The van der Waals surface area contributed by atoms with Gasteiger partial charge >= 0.3 is 0 Å². The van der Waals surface area contributed by atoms with E-state index in [0.717, 1.165) is 50.9 Å². The van der Waals surface area contributed by atoms with E-state index >= 15 is 0 Å². The van der Waals surface area contributed by atoms with Gasteiger partial charge in [0, 0.05) is 58.1 Å². The Balaban J connectivity index is 1.26. The van der Waals surface area contributed by atoms with E-state index in [0.29, 0.717) is 51.2 Å². The summed E-state index contributed by atoms with van der Waals surface area (Å²) in [4.78, 5) is 28.1. The molecule has 0 atom stereocenters. The molecule has 1 aromatic heterocycles. The predicted molar refractivity (Wildman–Crippen MR) is 123 cm³/mol. The second-order valence-electron chi connectivity index (χ2n) is 8.68. The van der Waals surface area contributed by atoms with Gasteiger partial charge in [0.2, 0.25) is 11.8 Å². The molecule has 0 unspecified atom stereocenters. The van der Waals surface area contributed by atoms with Crippen molar-refractivity contribution in [2.24, 2.45) is 10.9 Å². The van der Waals surface area contributed by atoms with Crippen LogP contribution in [-0.2, 0) is 16.1 Å². The molecule has 3 fully saturated rings. The molecule has 1 aromatic rings. The van der Waals surface area contributed by atoms with Crippen LogP contribution in [0.2, 0.25) is 0 Å². The van der Waals surface area contributed by atoms with Crippen molar-refractivity contribution in [1.29, 1.82) is 0 Å². The molecule has 0 spiro atoms. The zero-order valence-electron chi connectivity index (χ0n) is 19.2. The summed E-state index contributed by atoms with van der Waals surface area (Å²) in [6, 6.07) is 3.98. The number of piperazine rings is 1. The first-order valence-electron chi connectivity index (χ1n) is 11.9. The van der Waals surface area contributed by atoms with Crippen LogP contribution in [0.15, 0.2) is 23.3 Å². The van der Waals surface area contributed by atoms with Gasteiger partial charge in [-0.1, -0.05) is 0 Å². The summed E-state index contributed by atoms with van der Waals surface area (Å²) in [7, 11) is 0. The first-order chi connectivity index (χ1) is 15.7. The molecule has 2 aliphatic heterocycles. The van der Waals surface area contributed by atoms with Gasteiger partial charge in [0.25, 0.3) is 0 Å². The number of hydrogen-bond donors (Lipinski definition) is 1. The first-order valence-corrected chi connectivity index (χ1v) is 11.9. The smallest absolute Gasteiger partial charge is 0.236 e. The highest BCUT2D eigenvalue weighted by molar-refractivity contribution is 5.80. The van der Waals surface area contributed by atoms with E-state index < -0.39 is 0 Å². The fourth-order valence-corrected chi connectivity index (χ4v) is 3.93. The highest BCUT2D eigenvalue weighted by Crippen LogP contribution is 2.29. The molecule has 0 radical (unpaired) electrons. The van der Waals surface area contributed by atoms with Crippen molar-refractivity contribution in [2.75, 3.05) is 72.2 Å². The normalized spacial score (nSPS) is 20.3. The van der Waals surface area contributed by atoms with Crippen LogP contribution in [0.1, 0.15) is 25.3 Å². The highest BCUT2D eigenvalue weighted by atomic mass is 16.5. The molecule has 32 heavy (non-hydrogen) atoms. The number of pyridine rings is 1. The van der Waals surface area contributed by atoms with E-state index in [4.69, 9.17) is 14.5 Å². The van der Waals surface area contributed by atoms with E-state index in [-0.39, 0.29) is 5.91 Å². The summed E-state index contributed by atoms with van der Waals surface area (Å²) in [5.74, 6) is 2.53. The summed E-state index contributed by atoms with van der Waals surface area (Å²) >= 11 is 0. The number of carbonyl (C=O) groups excluding carboxylic acids is 1. The lowest BCUT2D eigenvalue weighted by molar-refractivity contribution is -0.136. The third-order valence-electron chi connectivity index (χ3n) is 6.10. The number of nitrogens with zero attached hydrogens (tertiary/aromatic N) is 5. The summed E-state index contributed by atoms with van der Waals surface area (Å²) in [6.45, 7) is 10.9. The molecule has 1 aliphatic carbocycles. The van der Waals surface area contributed by atoms with Crippen LogP contribution >= 0.6 is 0 Å². The van der Waals surface area contributed by atoms with E-state index in [1.807, 2.05) is 17.0 Å². The van der Waals surface area contributed by atoms with Gasteiger partial charge in [-0.2, -0.15) is 0 Å². The van der Waals surface area contributed by atoms with Crippen LogP contribution in [0.4, 0.5) is 0 Å². The Hall–Kier alpha value is -2.39. The maximum atomic E-state index is 12.5. The number of aliphatic imine (C=N–C) groups is 1. The van der Waals surface area contributed by atoms with E-state index in [1.165, 1.54) is 12.8 Å². The van der Waals surface area contributed by atoms with Crippen molar-refractivity contribution in [3.8, 4) is 5.88 Å². The fraction of sp³-hybridized carbons (Fsp3) is 0.696. The molecule has 4 rings (SSSR count). The second kappa shape index (κ2) is 11.5. The lowest BCUT2D eigenvalue weighted by atomic mass is 10.2. The Morgan fingerprint density at radius 3 is 2.69 bits per heavy atom. The Morgan fingerprint density at radius 1 is 1.19 bits per heavy atom. The Labute approximate surface area is 190 Å². The van der Waals surface area contributed by atoms with Gasteiger partial charge in [0.1, 0.15) is 0 Å². The van der Waals surface area contributed by atoms with E-state index in [2.05, 4.69) is 27.0 Å². The average molecular weight is 445 g/mol. The molecular weight excluding hydrogens is 408 g/mol. The van der Waals surface area contributed by atoms with Crippen LogP contribution in [0.25, 0.3) is 0 Å². The van der Waals surface area contributed by atoms with Crippen molar-refractivity contribution in [3.05, 3.63) is 23.9 Å². The van der Waals surface area contributed by atoms with E-state index in [1.54, 1.807) is 6.20 Å². The summed E-state index contributed by atoms with van der Waals surface area (Å²) in [5.41, 5.74) is 1.09. The topological polar surface area (TPSA) is 82.5 Å². The average Bonchev–Trinajstić information content (AvgIpc) is 3.66. The molecule has 1 N–H and O–H groups in total. The number of aromatic nitrogens is 1. The quantitative estimate of drug-likeness (QED) is 0.469. The van der Waals surface area contributed by atoms with Gasteiger partial charge in [-0.05, 0) is 37.3 Å². The Kier molecular flexibility index (Phi) is 8.17. The number of rotatable bonds is 8. The van der Waals surface area contributed by atoms with Crippen molar-refractivity contribution >= 4 is 11.9 Å². The van der Waals surface area contributed by atoms with Crippen LogP contribution in [-0.4, -0.2) is 104 Å². The predicted octanol–water partition coefficient (Wildman–Crippen LogP) is 0.812. The van der Waals surface area contributed by atoms with Crippen molar-refractivity contribution in [2.45, 2.75) is 26.3 Å². The molecular formula is C23H36N6O3. The maximum absolute atomic E-state index is 12.5. The molecule has 1 amide bonds. The molecule has 9 heteroatoms. The molecule has 1 saturated carbocycles. The van der Waals surface area contributed by atoms with Crippen LogP contribution in [0.5, 0.6) is 5.88 Å². The summed E-state index contributed by atoms with van der Waals surface area (Å²) in [6.07, 6.45) is 4.33. The summed E-state index contributed by atoms with van der Waals surface area (Å²) in [5, 5.41) is 3.41. The minimum atomic E-state index is 0.208. The highest BCUT2D eigenvalue weighted by Gasteiger charge is 2.24. The van der Waals surface area contributed by atoms with Gasteiger partial charge in [-0.25, -0.2) is 9.98 Å². The van der Waals surface area contributed by atoms with Gasteiger partial charge in [-0.15, -0.1) is 0 Å². The minimum absolute atomic E-state index is 0.208. The van der Waals surface area contributed by atoms with Crippen molar-refractivity contribution in [1.82, 2.24) is 25.0 Å². The lowest BCUT2D eigenvalue weighted by Crippen LogP contribution is -2.54. The molecule has 3 heterocycles.